The Morgan fingerprint density at radius 3 is 2.59 bits per heavy atom. The highest BCUT2D eigenvalue weighted by atomic mass is 16.5. The zero-order chi connectivity index (χ0) is 19.6. The number of ether oxygens (including phenoxy) is 1. The number of amides is 2. The summed E-state index contributed by atoms with van der Waals surface area (Å²) in [4.78, 5) is 29.2. The number of methoxy groups -OCH3 is 1. The van der Waals surface area contributed by atoms with Crippen LogP contribution in [0, 0.1) is 0 Å². The second-order valence-corrected chi connectivity index (χ2v) is 7.48. The van der Waals surface area contributed by atoms with Crippen LogP contribution in [0.3, 0.4) is 0 Å². The summed E-state index contributed by atoms with van der Waals surface area (Å²) in [6.45, 7) is 3.84. The molecule has 0 N–H and O–H groups in total. The molecule has 0 aliphatic heterocycles. The monoisotopic (exact) mass is 377 g/mol. The number of aromatic nitrogens is 1. The van der Waals surface area contributed by atoms with Gasteiger partial charge in [0.2, 0.25) is 11.8 Å². The van der Waals surface area contributed by atoms with Crippen molar-refractivity contribution in [2.24, 2.45) is 7.05 Å². The lowest BCUT2D eigenvalue weighted by Gasteiger charge is -2.28. The van der Waals surface area contributed by atoms with Gasteiger partial charge in [0.15, 0.2) is 0 Å². The molecule has 0 saturated heterocycles. The molecule has 1 aromatic rings. The molecule has 152 valence electrons. The van der Waals surface area contributed by atoms with Crippen molar-refractivity contribution < 1.29 is 14.3 Å². The van der Waals surface area contributed by atoms with Gasteiger partial charge in [-0.3, -0.25) is 9.59 Å². The van der Waals surface area contributed by atoms with Gasteiger partial charge >= 0.3 is 0 Å². The van der Waals surface area contributed by atoms with Crippen molar-refractivity contribution in [3.8, 4) is 0 Å². The fourth-order valence-corrected chi connectivity index (χ4v) is 3.25. The maximum absolute atomic E-state index is 13.0. The molecule has 1 aliphatic carbocycles. The molecule has 27 heavy (non-hydrogen) atoms. The molecule has 0 atom stereocenters. The predicted molar refractivity (Wildman–Crippen MR) is 106 cm³/mol. The first kappa shape index (κ1) is 21.5. The van der Waals surface area contributed by atoms with E-state index in [0.717, 1.165) is 44.2 Å². The quantitative estimate of drug-likeness (QED) is 0.497. The summed E-state index contributed by atoms with van der Waals surface area (Å²) in [6, 6.07) is 4.36. The number of hydrogen-bond acceptors (Lipinski definition) is 3. The molecular weight excluding hydrogens is 342 g/mol. The lowest BCUT2D eigenvalue weighted by Crippen LogP contribution is -2.44. The third kappa shape index (κ3) is 7.01. The van der Waals surface area contributed by atoms with Gasteiger partial charge in [-0.2, -0.15) is 0 Å². The van der Waals surface area contributed by atoms with E-state index in [4.69, 9.17) is 4.74 Å². The number of nitrogens with zero attached hydrogens (tertiary/aromatic N) is 3. The largest absolute Gasteiger partial charge is 0.383 e. The first-order valence-corrected chi connectivity index (χ1v) is 10.2. The summed E-state index contributed by atoms with van der Waals surface area (Å²) in [5.41, 5.74) is 1.12. The minimum atomic E-state index is 0.0386. The summed E-state index contributed by atoms with van der Waals surface area (Å²) in [6.07, 6.45) is 8.87. The molecule has 6 heteroatoms. The van der Waals surface area contributed by atoms with Gasteiger partial charge < -0.3 is 19.1 Å². The first-order valence-electron chi connectivity index (χ1n) is 10.2. The third-order valence-corrected chi connectivity index (χ3v) is 5.18. The molecular formula is C21H35N3O3. The number of hydrogen-bond donors (Lipinski definition) is 0. The van der Waals surface area contributed by atoms with Crippen LogP contribution in [0.4, 0.5) is 0 Å². The molecule has 0 radical (unpaired) electrons. The van der Waals surface area contributed by atoms with Gasteiger partial charge in [0.25, 0.3) is 0 Å². The van der Waals surface area contributed by atoms with Crippen molar-refractivity contribution in [3.63, 3.8) is 0 Å². The average molecular weight is 378 g/mol. The number of unbranched alkanes of at least 4 members (excludes halogenated alkanes) is 3. The summed E-state index contributed by atoms with van der Waals surface area (Å²) in [5, 5.41) is 0. The molecule has 1 aromatic heterocycles. The molecule has 1 aliphatic rings. The number of carbonyl (C=O) groups is 2. The Hall–Kier alpha value is -1.82. The van der Waals surface area contributed by atoms with Gasteiger partial charge in [-0.25, -0.2) is 0 Å². The maximum atomic E-state index is 13.0. The second-order valence-electron chi connectivity index (χ2n) is 7.48. The fourth-order valence-electron chi connectivity index (χ4n) is 3.25. The normalized spacial score (nSPS) is 13.6. The molecule has 2 rings (SSSR count). The Kier molecular flexibility index (Phi) is 8.85. The molecule has 0 bridgehead atoms. The van der Waals surface area contributed by atoms with Crippen LogP contribution in [0.15, 0.2) is 18.3 Å². The Bertz CT molecular complexity index is 595. The van der Waals surface area contributed by atoms with E-state index in [1.165, 1.54) is 0 Å². The molecule has 6 nitrogen and oxygen atoms in total. The molecule has 2 amide bonds. The van der Waals surface area contributed by atoms with E-state index in [1.54, 1.807) is 12.0 Å². The van der Waals surface area contributed by atoms with Crippen LogP contribution in [0.25, 0.3) is 0 Å². The van der Waals surface area contributed by atoms with Gasteiger partial charge in [0, 0.05) is 45.1 Å². The van der Waals surface area contributed by atoms with E-state index < -0.39 is 0 Å². The third-order valence-electron chi connectivity index (χ3n) is 5.18. The van der Waals surface area contributed by atoms with Gasteiger partial charge in [0.1, 0.15) is 0 Å². The molecule has 0 unspecified atom stereocenters. The predicted octanol–water partition coefficient (Wildman–Crippen LogP) is 2.96. The average Bonchev–Trinajstić information content (AvgIpc) is 3.42. The van der Waals surface area contributed by atoms with E-state index in [-0.39, 0.29) is 18.4 Å². The van der Waals surface area contributed by atoms with Crippen LogP contribution < -0.4 is 0 Å². The Balaban J connectivity index is 1.95. The van der Waals surface area contributed by atoms with Crippen LogP contribution in [-0.4, -0.2) is 59.0 Å². The Labute approximate surface area is 163 Å². The summed E-state index contributed by atoms with van der Waals surface area (Å²) in [7, 11) is 3.62. The SMILES string of the molecule is CCCCCCC(=O)N(CCOC)CC(=O)N(Cc1cccn1C)C1CC1. The van der Waals surface area contributed by atoms with Gasteiger partial charge in [-0.05, 0) is 31.4 Å². The topological polar surface area (TPSA) is 54.8 Å². The smallest absolute Gasteiger partial charge is 0.242 e. The first-order chi connectivity index (χ1) is 13.1. The van der Waals surface area contributed by atoms with Gasteiger partial charge in [-0.1, -0.05) is 26.2 Å². The standard InChI is InChI=1S/C21H35N3O3/c1-4-5-6-7-10-20(25)23(14-15-27-3)17-21(26)24(18-11-12-18)16-19-9-8-13-22(19)2/h8-9,13,18H,4-7,10-12,14-17H2,1-3H3. The molecule has 1 saturated carbocycles. The molecule has 0 spiro atoms. The zero-order valence-corrected chi connectivity index (χ0v) is 17.2. The van der Waals surface area contributed by atoms with Crippen LogP contribution in [-0.2, 0) is 27.9 Å². The van der Waals surface area contributed by atoms with Crippen molar-refractivity contribution in [3.05, 3.63) is 24.0 Å². The van der Waals surface area contributed by atoms with E-state index in [1.807, 2.05) is 34.8 Å². The number of rotatable bonds is 13. The molecule has 1 heterocycles. The summed E-state index contributed by atoms with van der Waals surface area (Å²) < 4.78 is 7.19. The number of carbonyl (C=O) groups excluding carboxylic acids is 2. The van der Waals surface area contributed by atoms with Crippen LogP contribution in [0.1, 0.15) is 57.6 Å². The highest BCUT2D eigenvalue weighted by Crippen LogP contribution is 2.28. The molecule has 0 aromatic carbocycles. The maximum Gasteiger partial charge on any atom is 0.242 e. The Morgan fingerprint density at radius 2 is 2.00 bits per heavy atom. The van der Waals surface area contributed by atoms with Gasteiger partial charge in [0.05, 0.1) is 19.7 Å². The minimum absolute atomic E-state index is 0.0386. The van der Waals surface area contributed by atoms with Crippen LogP contribution in [0.5, 0.6) is 0 Å². The van der Waals surface area contributed by atoms with Crippen molar-refractivity contribution in [1.82, 2.24) is 14.4 Å². The lowest BCUT2D eigenvalue weighted by molar-refractivity contribution is -0.141. The van der Waals surface area contributed by atoms with Crippen LogP contribution in [0.2, 0.25) is 0 Å². The van der Waals surface area contributed by atoms with Crippen LogP contribution >= 0.6 is 0 Å². The van der Waals surface area contributed by atoms with Gasteiger partial charge in [-0.15, -0.1) is 0 Å². The van der Waals surface area contributed by atoms with Crippen molar-refractivity contribution in [2.75, 3.05) is 26.8 Å². The fraction of sp³-hybridized carbons (Fsp3) is 0.714. The zero-order valence-electron chi connectivity index (χ0n) is 17.2. The van der Waals surface area contributed by atoms with Crippen molar-refractivity contribution >= 4 is 11.8 Å². The highest BCUT2D eigenvalue weighted by molar-refractivity contribution is 5.85. The van der Waals surface area contributed by atoms with E-state index in [0.29, 0.717) is 32.2 Å². The highest BCUT2D eigenvalue weighted by Gasteiger charge is 2.34. The lowest BCUT2D eigenvalue weighted by atomic mass is 10.1. The van der Waals surface area contributed by atoms with Crippen molar-refractivity contribution in [1.29, 1.82) is 0 Å². The summed E-state index contributed by atoms with van der Waals surface area (Å²) in [5.74, 6) is 0.0998. The van der Waals surface area contributed by atoms with Crippen molar-refractivity contribution in [2.45, 2.75) is 64.5 Å². The van der Waals surface area contributed by atoms with E-state index in [9.17, 15) is 9.59 Å². The number of aryl methyl sites for hydroxylation is 1. The molecule has 1 fully saturated rings. The Morgan fingerprint density at radius 1 is 1.22 bits per heavy atom. The van der Waals surface area contributed by atoms with E-state index in [2.05, 4.69) is 6.92 Å². The minimum Gasteiger partial charge on any atom is -0.383 e. The summed E-state index contributed by atoms with van der Waals surface area (Å²) >= 11 is 0. The van der Waals surface area contributed by atoms with E-state index >= 15 is 0 Å². The second kappa shape index (κ2) is 11.1.